The van der Waals surface area contributed by atoms with Crippen LogP contribution in [0.4, 0.5) is 0 Å². The second kappa shape index (κ2) is 3.39. The second-order valence-corrected chi connectivity index (χ2v) is 4.41. The number of nitrogens with one attached hydrogen (secondary N) is 1. The van der Waals surface area contributed by atoms with Gasteiger partial charge in [-0.1, -0.05) is 0 Å². The summed E-state index contributed by atoms with van der Waals surface area (Å²) < 4.78 is 5.57. The normalized spacial score (nSPS) is 24.0. The van der Waals surface area contributed by atoms with Gasteiger partial charge in [0.25, 0.3) is 0 Å². The number of nitrogens with zero attached hydrogens (tertiary/aromatic N) is 1. The highest BCUT2D eigenvalue weighted by atomic mass is 16.3. The second-order valence-electron chi connectivity index (χ2n) is 4.41. The molecule has 3 rings (SSSR count). The Balaban J connectivity index is 1.74. The van der Waals surface area contributed by atoms with Gasteiger partial charge < -0.3 is 9.73 Å². The van der Waals surface area contributed by atoms with Crippen LogP contribution in [0.1, 0.15) is 49.1 Å². The maximum Gasteiger partial charge on any atom is 0.197 e. The van der Waals surface area contributed by atoms with Crippen molar-refractivity contribution in [3.05, 3.63) is 17.8 Å². The van der Waals surface area contributed by atoms with Crippen molar-refractivity contribution in [1.29, 1.82) is 0 Å². The lowest BCUT2D eigenvalue weighted by atomic mass is 9.98. The molecular weight excluding hydrogens is 176 g/mol. The minimum Gasteiger partial charge on any atom is -0.448 e. The standard InChI is InChI=1S/C11H16N2O/c1-2-8(1)10-7-14-11(13-10)9-3-5-12-6-4-9/h7-9,12H,1-6H2. The molecule has 3 nitrogen and oxygen atoms in total. The predicted molar refractivity (Wildman–Crippen MR) is 53.3 cm³/mol. The van der Waals surface area contributed by atoms with Crippen molar-refractivity contribution in [3.63, 3.8) is 0 Å². The van der Waals surface area contributed by atoms with E-state index in [1.54, 1.807) is 0 Å². The van der Waals surface area contributed by atoms with Crippen LogP contribution in [0.25, 0.3) is 0 Å². The molecule has 1 N–H and O–H groups in total. The van der Waals surface area contributed by atoms with E-state index >= 15 is 0 Å². The quantitative estimate of drug-likeness (QED) is 0.779. The molecule has 14 heavy (non-hydrogen) atoms. The number of hydrogen-bond donors (Lipinski definition) is 1. The van der Waals surface area contributed by atoms with E-state index in [0.717, 1.165) is 19.0 Å². The topological polar surface area (TPSA) is 38.1 Å². The third kappa shape index (κ3) is 1.57. The van der Waals surface area contributed by atoms with Gasteiger partial charge >= 0.3 is 0 Å². The molecule has 0 radical (unpaired) electrons. The maximum absolute atomic E-state index is 5.57. The smallest absolute Gasteiger partial charge is 0.197 e. The first-order chi connectivity index (χ1) is 6.93. The molecule has 2 aliphatic rings. The van der Waals surface area contributed by atoms with Crippen molar-refractivity contribution < 1.29 is 4.42 Å². The Hall–Kier alpha value is -0.830. The molecule has 1 saturated heterocycles. The summed E-state index contributed by atoms with van der Waals surface area (Å²) in [5, 5.41) is 3.36. The van der Waals surface area contributed by atoms with Gasteiger partial charge in [-0.2, -0.15) is 0 Å². The number of piperidine rings is 1. The Morgan fingerprint density at radius 3 is 2.64 bits per heavy atom. The summed E-state index contributed by atoms with van der Waals surface area (Å²) in [5.74, 6) is 2.26. The Morgan fingerprint density at radius 2 is 1.93 bits per heavy atom. The molecule has 1 saturated carbocycles. The Bertz CT molecular complexity index is 311. The fraction of sp³-hybridized carbons (Fsp3) is 0.727. The van der Waals surface area contributed by atoms with E-state index in [9.17, 15) is 0 Å². The van der Waals surface area contributed by atoms with Crippen LogP contribution in [-0.4, -0.2) is 18.1 Å². The highest BCUT2D eigenvalue weighted by Gasteiger charge is 2.28. The zero-order valence-corrected chi connectivity index (χ0v) is 8.33. The average Bonchev–Trinajstić information content (AvgIpc) is 2.98. The third-order valence-corrected chi connectivity index (χ3v) is 3.22. The zero-order chi connectivity index (χ0) is 9.38. The lowest BCUT2D eigenvalue weighted by molar-refractivity contribution is 0.374. The summed E-state index contributed by atoms with van der Waals surface area (Å²) in [4.78, 5) is 4.60. The van der Waals surface area contributed by atoms with Crippen molar-refractivity contribution in [3.8, 4) is 0 Å². The largest absolute Gasteiger partial charge is 0.448 e. The molecule has 1 aromatic rings. The number of aromatic nitrogens is 1. The van der Waals surface area contributed by atoms with Gasteiger partial charge in [0, 0.05) is 11.8 Å². The van der Waals surface area contributed by atoms with E-state index in [4.69, 9.17) is 4.42 Å². The van der Waals surface area contributed by atoms with E-state index in [2.05, 4.69) is 10.3 Å². The lowest BCUT2D eigenvalue weighted by Gasteiger charge is -2.19. The van der Waals surface area contributed by atoms with E-state index in [0.29, 0.717) is 11.8 Å². The van der Waals surface area contributed by atoms with Crippen molar-refractivity contribution in [2.24, 2.45) is 0 Å². The molecule has 2 fully saturated rings. The first-order valence-electron chi connectivity index (χ1n) is 5.59. The number of hydrogen-bond acceptors (Lipinski definition) is 3. The van der Waals surface area contributed by atoms with Gasteiger partial charge in [0.05, 0.1) is 5.69 Å². The molecule has 0 unspecified atom stereocenters. The molecule has 0 bridgehead atoms. The molecule has 3 heteroatoms. The van der Waals surface area contributed by atoms with Gasteiger partial charge in [-0.25, -0.2) is 4.98 Å². The summed E-state index contributed by atoms with van der Waals surface area (Å²) in [5.41, 5.74) is 1.19. The van der Waals surface area contributed by atoms with Crippen molar-refractivity contribution in [2.75, 3.05) is 13.1 Å². The van der Waals surface area contributed by atoms with Crippen molar-refractivity contribution in [2.45, 2.75) is 37.5 Å². The number of rotatable bonds is 2. The molecule has 0 spiro atoms. The van der Waals surface area contributed by atoms with Crippen LogP contribution in [0.3, 0.4) is 0 Å². The summed E-state index contributed by atoms with van der Waals surface area (Å²) in [6, 6.07) is 0. The summed E-state index contributed by atoms with van der Waals surface area (Å²) in [6.45, 7) is 2.21. The van der Waals surface area contributed by atoms with Gasteiger partial charge in [-0.3, -0.25) is 0 Å². The summed E-state index contributed by atoms with van der Waals surface area (Å²) in [7, 11) is 0. The molecule has 1 aromatic heterocycles. The average molecular weight is 192 g/mol. The van der Waals surface area contributed by atoms with Crippen LogP contribution in [-0.2, 0) is 0 Å². The SMILES string of the molecule is c1oc(C2CCNCC2)nc1C1CC1. The lowest BCUT2D eigenvalue weighted by Crippen LogP contribution is -2.26. The monoisotopic (exact) mass is 192 g/mol. The fourth-order valence-electron chi connectivity index (χ4n) is 2.12. The van der Waals surface area contributed by atoms with Gasteiger partial charge in [0.15, 0.2) is 5.89 Å². The van der Waals surface area contributed by atoms with E-state index in [1.165, 1.54) is 31.4 Å². The van der Waals surface area contributed by atoms with E-state index in [1.807, 2.05) is 6.26 Å². The summed E-state index contributed by atoms with van der Waals surface area (Å²) in [6.07, 6.45) is 6.82. The van der Waals surface area contributed by atoms with Crippen LogP contribution in [0, 0.1) is 0 Å². The van der Waals surface area contributed by atoms with Crippen LogP contribution >= 0.6 is 0 Å². The minimum absolute atomic E-state index is 0.559. The van der Waals surface area contributed by atoms with Crippen LogP contribution in [0.15, 0.2) is 10.7 Å². The highest BCUT2D eigenvalue weighted by Crippen LogP contribution is 2.40. The van der Waals surface area contributed by atoms with Crippen molar-refractivity contribution >= 4 is 0 Å². The van der Waals surface area contributed by atoms with Crippen molar-refractivity contribution in [1.82, 2.24) is 10.3 Å². The zero-order valence-electron chi connectivity index (χ0n) is 8.33. The molecule has 0 amide bonds. The van der Waals surface area contributed by atoms with Crippen LogP contribution in [0.2, 0.25) is 0 Å². The predicted octanol–water partition coefficient (Wildman–Crippen LogP) is 2.02. The van der Waals surface area contributed by atoms with Crippen LogP contribution < -0.4 is 5.32 Å². The fourth-order valence-corrected chi connectivity index (χ4v) is 2.12. The molecule has 1 aliphatic carbocycles. The Morgan fingerprint density at radius 1 is 1.14 bits per heavy atom. The van der Waals surface area contributed by atoms with Gasteiger partial charge in [0.2, 0.25) is 0 Å². The third-order valence-electron chi connectivity index (χ3n) is 3.22. The van der Waals surface area contributed by atoms with Gasteiger partial charge in [0.1, 0.15) is 6.26 Å². The molecule has 1 aliphatic heterocycles. The number of oxazole rings is 1. The Kier molecular flexibility index (Phi) is 2.05. The maximum atomic E-state index is 5.57. The van der Waals surface area contributed by atoms with Gasteiger partial charge in [-0.05, 0) is 38.8 Å². The highest BCUT2D eigenvalue weighted by molar-refractivity contribution is 5.12. The first kappa shape index (κ1) is 8.48. The van der Waals surface area contributed by atoms with E-state index in [-0.39, 0.29) is 0 Å². The van der Waals surface area contributed by atoms with E-state index < -0.39 is 0 Å². The molecule has 76 valence electrons. The first-order valence-corrected chi connectivity index (χ1v) is 5.59. The molecule has 0 aromatic carbocycles. The molecule has 2 heterocycles. The van der Waals surface area contributed by atoms with Crippen LogP contribution in [0.5, 0.6) is 0 Å². The Labute approximate surface area is 83.9 Å². The molecular formula is C11H16N2O. The minimum atomic E-state index is 0.559. The van der Waals surface area contributed by atoms with Gasteiger partial charge in [-0.15, -0.1) is 0 Å². The molecule has 0 atom stereocenters. The summed E-state index contributed by atoms with van der Waals surface area (Å²) >= 11 is 0.